The normalized spacial score (nSPS) is 11.4. The molecule has 7 nitrogen and oxygen atoms in total. The van der Waals surface area contributed by atoms with Crippen LogP contribution < -0.4 is 14.4 Å². The van der Waals surface area contributed by atoms with Crippen molar-refractivity contribution in [3.63, 3.8) is 0 Å². The SMILES string of the molecule is COc1ccc(N(CC(=O)NCCCOC(C)C)S(C)(=O)=O)cc1Cl. The molecule has 1 aromatic rings. The Labute approximate surface area is 154 Å². The summed E-state index contributed by atoms with van der Waals surface area (Å²) in [6.45, 7) is 4.48. The molecule has 0 aromatic heterocycles. The Kier molecular flexibility index (Phi) is 8.47. The highest BCUT2D eigenvalue weighted by Gasteiger charge is 2.21. The Bertz CT molecular complexity index is 679. The van der Waals surface area contributed by atoms with E-state index < -0.39 is 15.9 Å². The zero-order valence-electron chi connectivity index (χ0n) is 14.9. The minimum absolute atomic E-state index is 0.135. The molecule has 0 radical (unpaired) electrons. The van der Waals surface area contributed by atoms with Gasteiger partial charge < -0.3 is 14.8 Å². The summed E-state index contributed by atoms with van der Waals surface area (Å²) in [6.07, 6.45) is 1.82. The van der Waals surface area contributed by atoms with E-state index in [0.717, 1.165) is 10.6 Å². The van der Waals surface area contributed by atoms with Crippen molar-refractivity contribution in [1.82, 2.24) is 5.32 Å². The van der Waals surface area contributed by atoms with Crippen molar-refractivity contribution >= 4 is 33.2 Å². The summed E-state index contributed by atoms with van der Waals surface area (Å²) >= 11 is 6.04. The van der Waals surface area contributed by atoms with E-state index in [1.807, 2.05) is 13.8 Å². The first-order valence-corrected chi connectivity index (χ1v) is 10.1. The third-order valence-corrected chi connectivity index (χ3v) is 4.64. The Balaban J connectivity index is 2.71. The lowest BCUT2D eigenvalue weighted by atomic mass is 10.3. The summed E-state index contributed by atoms with van der Waals surface area (Å²) < 4.78 is 35.5. The van der Waals surface area contributed by atoms with Crippen LogP contribution in [-0.4, -0.2) is 53.5 Å². The monoisotopic (exact) mass is 392 g/mol. The zero-order valence-corrected chi connectivity index (χ0v) is 16.5. The largest absolute Gasteiger partial charge is 0.495 e. The molecule has 1 aromatic carbocycles. The average molecular weight is 393 g/mol. The van der Waals surface area contributed by atoms with Gasteiger partial charge in [-0.25, -0.2) is 8.42 Å². The highest BCUT2D eigenvalue weighted by atomic mass is 35.5. The number of amides is 1. The lowest BCUT2D eigenvalue weighted by molar-refractivity contribution is -0.119. The van der Waals surface area contributed by atoms with Gasteiger partial charge in [-0.05, 0) is 38.5 Å². The number of ether oxygens (including phenoxy) is 2. The molecule has 25 heavy (non-hydrogen) atoms. The summed E-state index contributed by atoms with van der Waals surface area (Å²) in [6, 6.07) is 4.54. The first kappa shape index (κ1) is 21.5. The highest BCUT2D eigenvalue weighted by Crippen LogP contribution is 2.30. The Hall–Kier alpha value is -1.51. The quantitative estimate of drug-likeness (QED) is 0.616. The van der Waals surface area contributed by atoms with Crippen LogP contribution in [0.25, 0.3) is 0 Å². The molecular weight excluding hydrogens is 368 g/mol. The molecule has 0 atom stereocenters. The summed E-state index contributed by atoms with van der Waals surface area (Å²) in [7, 11) is -2.18. The molecule has 1 rings (SSSR count). The Morgan fingerprint density at radius 1 is 1.36 bits per heavy atom. The van der Waals surface area contributed by atoms with Gasteiger partial charge in [-0.2, -0.15) is 0 Å². The molecule has 0 bridgehead atoms. The van der Waals surface area contributed by atoms with Crippen molar-refractivity contribution in [1.29, 1.82) is 0 Å². The molecule has 0 saturated carbocycles. The number of benzene rings is 1. The van der Waals surface area contributed by atoms with Gasteiger partial charge in [0.25, 0.3) is 0 Å². The van der Waals surface area contributed by atoms with E-state index in [1.165, 1.54) is 19.2 Å². The van der Waals surface area contributed by atoms with E-state index in [4.69, 9.17) is 21.1 Å². The number of nitrogens with one attached hydrogen (secondary N) is 1. The van der Waals surface area contributed by atoms with Crippen LogP contribution in [0.2, 0.25) is 5.02 Å². The molecule has 0 spiro atoms. The van der Waals surface area contributed by atoms with Crippen LogP contribution in [0.5, 0.6) is 5.75 Å². The molecule has 0 unspecified atom stereocenters. The molecule has 1 amide bonds. The van der Waals surface area contributed by atoms with E-state index in [1.54, 1.807) is 6.07 Å². The number of anilines is 1. The number of hydrogen-bond acceptors (Lipinski definition) is 5. The van der Waals surface area contributed by atoms with Crippen LogP contribution in [0.15, 0.2) is 18.2 Å². The van der Waals surface area contributed by atoms with Crippen LogP contribution in [0.4, 0.5) is 5.69 Å². The fraction of sp³-hybridized carbons (Fsp3) is 0.562. The van der Waals surface area contributed by atoms with Gasteiger partial charge in [0, 0.05) is 13.2 Å². The van der Waals surface area contributed by atoms with Crippen molar-refractivity contribution in [2.45, 2.75) is 26.4 Å². The molecule has 142 valence electrons. The zero-order chi connectivity index (χ0) is 19.0. The number of methoxy groups -OCH3 is 1. The van der Waals surface area contributed by atoms with Crippen molar-refractivity contribution in [3.05, 3.63) is 23.2 Å². The molecule has 0 saturated heterocycles. The molecule has 9 heteroatoms. The lowest BCUT2D eigenvalue weighted by Crippen LogP contribution is -2.40. The fourth-order valence-corrected chi connectivity index (χ4v) is 3.12. The van der Waals surface area contributed by atoms with Crippen molar-refractivity contribution in [2.24, 2.45) is 0 Å². The van der Waals surface area contributed by atoms with Gasteiger partial charge in [0.2, 0.25) is 15.9 Å². The Morgan fingerprint density at radius 2 is 2.04 bits per heavy atom. The molecule has 1 N–H and O–H groups in total. The maximum atomic E-state index is 12.1. The number of rotatable bonds is 10. The number of nitrogens with zero attached hydrogens (tertiary/aromatic N) is 1. The minimum atomic E-state index is -3.65. The molecular formula is C16H25ClN2O5S. The summed E-state index contributed by atoms with van der Waals surface area (Å²) in [5.41, 5.74) is 0.298. The highest BCUT2D eigenvalue weighted by molar-refractivity contribution is 7.92. The van der Waals surface area contributed by atoms with Crippen molar-refractivity contribution < 1.29 is 22.7 Å². The first-order chi connectivity index (χ1) is 11.6. The summed E-state index contributed by atoms with van der Waals surface area (Å²) in [5, 5.41) is 2.95. The first-order valence-electron chi connectivity index (χ1n) is 7.84. The minimum Gasteiger partial charge on any atom is -0.495 e. The number of sulfonamides is 1. The predicted octanol–water partition coefficient (Wildman–Crippen LogP) is 2.05. The topological polar surface area (TPSA) is 84.9 Å². The molecule has 0 aliphatic heterocycles. The number of hydrogen-bond donors (Lipinski definition) is 1. The summed E-state index contributed by atoms with van der Waals surface area (Å²) in [5.74, 6) is 0.0235. The van der Waals surface area contributed by atoms with Gasteiger partial charge in [-0.3, -0.25) is 9.10 Å². The summed E-state index contributed by atoms with van der Waals surface area (Å²) in [4.78, 5) is 12.1. The van der Waals surface area contributed by atoms with Gasteiger partial charge in [-0.15, -0.1) is 0 Å². The fourth-order valence-electron chi connectivity index (χ4n) is 2.02. The number of carbonyl (C=O) groups excluding carboxylic acids is 1. The molecule has 0 fully saturated rings. The third kappa shape index (κ3) is 7.50. The van der Waals surface area contributed by atoms with Crippen LogP contribution in [0.1, 0.15) is 20.3 Å². The number of carbonyl (C=O) groups is 1. The second-order valence-corrected chi connectivity index (χ2v) is 8.03. The van der Waals surface area contributed by atoms with E-state index >= 15 is 0 Å². The van der Waals surface area contributed by atoms with Crippen molar-refractivity contribution in [3.8, 4) is 5.75 Å². The third-order valence-electron chi connectivity index (χ3n) is 3.21. The van der Waals surface area contributed by atoms with Crippen LogP contribution >= 0.6 is 11.6 Å². The standard InChI is InChI=1S/C16H25ClN2O5S/c1-12(2)24-9-5-8-18-16(20)11-19(25(4,21)22)13-6-7-15(23-3)14(17)10-13/h6-7,10,12H,5,8-9,11H2,1-4H3,(H,18,20). The van der Waals surface area contributed by atoms with E-state index in [9.17, 15) is 13.2 Å². The smallest absolute Gasteiger partial charge is 0.240 e. The van der Waals surface area contributed by atoms with E-state index in [2.05, 4.69) is 5.32 Å². The maximum Gasteiger partial charge on any atom is 0.240 e. The van der Waals surface area contributed by atoms with Crippen LogP contribution in [0.3, 0.4) is 0 Å². The van der Waals surface area contributed by atoms with E-state index in [-0.39, 0.29) is 17.7 Å². The van der Waals surface area contributed by atoms with Crippen molar-refractivity contribution in [2.75, 3.05) is 37.4 Å². The maximum absolute atomic E-state index is 12.1. The van der Waals surface area contributed by atoms with Crippen LogP contribution in [0, 0.1) is 0 Å². The predicted molar refractivity (Wildman–Crippen MR) is 98.9 cm³/mol. The lowest BCUT2D eigenvalue weighted by Gasteiger charge is -2.22. The second kappa shape index (κ2) is 9.84. The van der Waals surface area contributed by atoms with Gasteiger partial charge >= 0.3 is 0 Å². The molecule has 0 aliphatic rings. The second-order valence-electron chi connectivity index (χ2n) is 5.71. The van der Waals surface area contributed by atoms with Gasteiger partial charge in [0.05, 0.1) is 30.2 Å². The van der Waals surface area contributed by atoms with Gasteiger partial charge in [-0.1, -0.05) is 11.6 Å². The van der Waals surface area contributed by atoms with E-state index in [0.29, 0.717) is 31.0 Å². The Morgan fingerprint density at radius 3 is 2.56 bits per heavy atom. The average Bonchev–Trinajstić information content (AvgIpc) is 2.50. The van der Waals surface area contributed by atoms with Crippen LogP contribution in [-0.2, 0) is 19.6 Å². The van der Waals surface area contributed by atoms with Gasteiger partial charge in [0.1, 0.15) is 12.3 Å². The number of halogens is 1. The molecule has 0 aliphatic carbocycles. The van der Waals surface area contributed by atoms with Gasteiger partial charge in [0.15, 0.2) is 0 Å². The molecule has 0 heterocycles.